The molecule has 0 bridgehead atoms. The van der Waals surface area contributed by atoms with Crippen LogP contribution in [0.3, 0.4) is 0 Å². The predicted molar refractivity (Wildman–Crippen MR) is 85.9 cm³/mol. The van der Waals surface area contributed by atoms with Crippen LogP contribution in [-0.4, -0.2) is 30.6 Å². The molecule has 23 heavy (non-hydrogen) atoms. The van der Waals surface area contributed by atoms with E-state index in [1.165, 1.54) is 0 Å². The first-order valence-corrected chi connectivity index (χ1v) is 7.36. The number of carbonyl (C=O) groups is 2. The van der Waals surface area contributed by atoms with Gasteiger partial charge in [0.1, 0.15) is 11.7 Å². The van der Waals surface area contributed by atoms with Gasteiger partial charge in [0.25, 0.3) is 0 Å². The van der Waals surface area contributed by atoms with Crippen LogP contribution in [0.5, 0.6) is 5.75 Å². The summed E-state index contributed by atoms with van der Waals surface area (Å²) in [5.74, 6) is -1.06. The second-order valence-corrected chi connectivity index (χ2v) is 5.44. The molecule has 0 saturated carbocycles. The number of carbonyl (C=O) groups excluding carboxylic acids is 1. The number of fused-ring (bicyclic) bond motifs is 1. The van der Waals surface area contributed by atoms with Gasteiger partial charge in [-0.1, -0.05) is 36.4 Å². The maximum atomic E-state index is 12.7. The maximum Gasteiger partial charge on any atom is 0.312 e. The first-order chi connectivity index (χ1) is 11.1. The van der Waals surface area contributed by atoms with Crippen LogP contribution in [0.15, 0.2) is 48.5 Å². The minimum atomic E-state index is -0.912. The van der Waals surface area contributed by atoms with Crippen molar-refractivity contribution in [1.82, 2.24) is 0 Å². The number of carboxylic acids is 1. The van der Waals surface area contributed by atoms with Gasteiger partial charge in [-0.2, -0.15) is 0 Å². The van der Waals surface area contributed by atoms with Crippen molar-refractivity contribution in [1.29, 1.82) is 0 Å². The molecule has 1 atom stereocenters. The van der Waals surface area contributed by atoms with Gasteiger partial charge in [-0.15, -0.1) is 0 Å². The fourth-order valence-electron chi connectivity index (χ4n) is 2.96. The Hall–Kier alpha value is -2.82. The number of amides is 1. The molecule has 0 aromatic heterocycles. The zero-order valence-corrected chi connectivity index (χ0v) is 12.7. The Morgan fingerprint density at radius 3 is 2.61 bits per heavy atom. The van der Waals surface area contributed by atoms with Gasteiger partial charge in [-0.3, -0.25) is 9.59 Å². The molecule has 5 nitrogen and oxygen atoms in total. The minimum Gasteiger partial charge on any atom is -0.496 e. The molecule has 0 saturated heterocycles. The molecule has 0 fully saturated rings. The number of anilines is 1. The van der Waals surface area contributed by atoms with Crippen molar-refractivity contribution in [3.05, 3.63) is 59.7 Å². The van der Waals surface area contributed by atoms with E-state index in [2.05, 4.69) is 0 Å². The summed E-state index contributed by atoms with van der Waals surface area (Å²) >= 11 is 0. The van der Waals surface area contributed by atoms with E-state index in [-0.39, 0.29) is 18.9 Å². The Kier molecular flexibility index (Phi) is 4.02. The number of nitrogens with zero attached hydrogens (tertiary/aromatic N) is 1. The number of rotatable bonds is 4. The standard InChI is InChI=1S/C18H17NO4/c1-23-16-9-5-2-6-12(16)10-17(20)19-11-14(18(21)22)13-7-3-4-8-15(13)19/h2-9,14H,10-11H2,1H3,(H,21,22)/t14-/m1/s1. The molecule has 1 heterocycles. The van der Waals surface area contributed by atoms with E-state index in [0.717, 1.165) is 5.56 Å². The summed E-state index contributed by atoms with van der Waals surface area (Å²) in [4.78, 5) is 25.7. The first kappa shape index (κ1) is 15.1. The van der Waals surface area contributed by atoms with Crippen LogP contribution in [0.25, 0.3) is 0 Å². The topological polar surface area (TPSA) is 66.8 Å². The average Bonchev–Trinajstić information content (AvgIpc) is 2.95. The van der Waals surface area contributed by atoms with Gasteiger partial charge in [0.15, 0.2) is 0 Å². The van der Waals surface area contributed by atoms with Crippen LogP contribution in [0.2, 0.25) is 0 Å². The minimum absolute atomic E-state index is 0.134. The summed E-state index contributed by atoms with van der Waals surface area (Å²) in [6.07, 6.45) is 0.171. The molecular weight excluding hydrogens is 294 g/mol. The largest absolute Gasteiger partial charge is 0.496 e. The van der Waals surface area contributed by atoms with Gasteiger partial charge >= 0.3 is 5.97 Å². The van der Waals surface area contributed by atoms with Crippen LogP contribution < -0.4 is 9.64 Å². The Morgan fingerprint density at radius 1 is 1.17 bits per heavy atom. The highest BCUT2D eigenvalue weighted by molar-refractivity contribution is 6.00. The summed E-state index contributed by atoms with van der Waals surface area (Å²) in [6, 6.07) is 14.5. The number of methoxy groups -OCH3 is 1. The molecule has 5 heteroatoms. The van der Waals surface area contributed by atoms with Gasteiger partial charge < -0.3 is 14.7 Å². The third kappa shape index (κ3) is 2.77. The van der Waals surface area contributed by atoms with Crippen LogP contribution in [0.4, 0.5) is 5.69 Å². The van der Waals surface area contributed by atoms with Gasteiger partial charge in [0.05, 0.1) is 13.5 Å². The fourth-order valence-corrected chi connectivity index (χ4v) is 2.96. The van der Waals surface area contributed by atoms with E-state index in [4.69, 9.17) is 4.74 Å². The predicted octanol–water partition coefficient (Wildman–Crippen LogP) is 2.45. The molecule has 3 rings (SSSR count). The number of para-hydroxylation sites is 2. The molecule has 2 aromatic rings. The zero-order chi connectivity index (χ0) is 16.4. The van der Waals surface area contributed by atoms with E-state index >= 15 is 0 Å². The third-order valence-corrected chi connectivity index (χ3v) is 4.10. The summed E-state index contributed by atoms with van der Waals surface area (Å²) in [6.45, 7) is 0.169. The number of hydrogen-bond donors (Lipinski definition) is 1. The highest BCUT2D eigenvalue weighted by atomic mass is 16.5. The van der Waals surface area contributed by atoms with Gasteiger partial charge in [-0.05, 0) is 17.7 Å². The van der Waals surface area contributed by atoms with Crippen LogP contribution in [0.1, 0.15) is 17.0 Å². The Labute approximate surface area is 134 Å². The summed E-state index contributed by atoms with van der Waals surface area (Å²) in [7, 11) is 1.56. The Bertz CT molecular complexity index is 756. The molecule has 0 spiro atoms. The van der Waals surface area contributed by atoms with Crippen molar-refractivity contribution in [2.24, 2.45) is 0 Å². The lowest BCUT2D eigenvalue weighted by Gasteiger charge is -2.18. The monoisotopic (exact) mass is 311 g/mol. The second kappa shape index (κ2) is 6.12. The van der Waals surface area contributed by atoms with Crippen LogP contribution in [0, 0.1) is 0 Å². The molecule has 1 aliphatic rings. The smallest absolute Gasteiger partial charge is 0.312 e. The highest BCUT2D eigenvalue weighted by Crippen LogP contribution is 2.36. The molecule has 0 unspecified atom stereocenters. The van der Waals surface area contributed by atoms with E-state index in [0.29, 0.717) is 17.0 Å². The number of carboxylic acid groups (broad SMARTS) is 1. The summed E-state index contributed by atoms with van der Waals surface area (Å²) in [5.41, 5.74) is 2.16. The lowest BCUT2D eigenvalue weighted by Crippen LogP contribution is -2.32. The lowest BCUT2D eigenvalue weighted by molar-refractivity contribution is -0.138. The van der Waals surface area contributed by atoms with Crippen molar-refractivity contribution < 1.29 is 19.4 Å². The number of hydrogen-bond acceptors (Lipinski definition) is 3. The molecule has 118 valence electrons. The van der Waals surface area contributed by atoms with Crippen LogP contribution >= 0.6 is 0 Å². The van der Waals surface area contributed by atoms with Crippen molar-refractivity contribution in [2.75, 3.05) is 18.6 Å². The molecule has 0 aliphatic carbocycles. The van der Waals surface area contributed by atoms with E-state index in [1.54, 1.807) is 36.3 Å². The molecule has 1 aliphatic heterocycles. The first-order valence-electron chi connectivity index (χ1n) is 7.36. The second-order valence-electron chi connectivity index (χ2n) is 5.44. The number of ether oxygens (including phenoxy) is 1. The van der Waals surface area contributed by atoms with Gasteiger partial charge in [-0.25, -0.2) is 0 Å². The SMILES string of the molecule is COc1ccccc1CC(=O)N1C[C@@H](C(=O)O)c2ccccc21. The number of aliphatic carboxylic acids is 1. The van der Waals surface area contributed by atoms with E-state index in [1.807, 2.05) is 24.3 Å². The van der Waals surface area contributed by atoms with Gasteiger partial charge in [0, 0.05) is 17.8 Å². The average molecular weight is 311 g/mol. The number of benzene rings is 2. The van der Waals surface area contributed by atoms with Crippen LogP contribution in [-0.2, 0) is 16.0 Å². The van der Waals surface area contributed by atoms with Crippen molar-refractivity contribution in [2.45, 2.75) is 12.3 Å². The molecule has 2 aromatic carbocycles. The van der Waals surface area contributed by atoms with Gasteiger partial charge in [0.2, 0.25) is 5.91 Å². The Balaban J connectivity index is 1.87. The third-order valence-electron chi connectivity index (χ3n) is 4.10. The zero-order valence-electron chi connectivity index (χ0n) is 12.7. The lowest BCUT2D eigenvalue weighted by atomic mass is 10.0. The highest BCUT2D eigenvalue weighted by Gasteiger charge is 2.36. The normalized spacial score (nSPS) is 16.0. The molecular formula is C18H17NO4. The van der Waals surface area contributed by atoms with E-state index < -0.39 is 11.9 Å². The van der Waals surface area contributed by atoms with Crippen molar-refractivity contribution >= 4 is 17.6 Å². The molecule has 0 radical (unpaired) electrons. The summed E-state index contributed by atoms with van der Waals surface area (Å²) in [5, 5.41) is 9.37. The van der Waals surface area contributed by atoms with E-state index in [9.17, 15) is 14.7 Å². The van der Waals surface area contributed by atoms with Crippen molar-refractivity contribution in [3.63, 3.8) is 0 Å². The molecule has 1 N–H and O–H groups in total. The fraction of sp³-hybridized carbons (Fsp3) is 0.222. The molecule has 1 amide bonds. The quantitative estimate of drug-likeness (QED) is 0.942. The summed E-state index contributed by atoms with van der Waals surface area (Å²) < 4.78 is 5.27. The Morgan fingerprint density at radius 2 is 1.87 bits per heavy atom. The van der Waals surface area contributed by atoms with Crippen molar-refractivity contribution in [3.8, 4) is 5.75 Å². The maximum absolute atomic E-state index is 12.7.